The number of fused-ring (bicyclic) bond motifs is 1. The molecule has 2 heterocycles. The van der Waals surface area contributed by atoms with E-state index in [-0.39, 0.29) is 5.91 Å². The number of aryl methyl sites for hydroxylation is 1. The number of halogens is 1. The first-order valence-electron chi connectivity index (χ1n) is 8.53. The van der Waals surface area contributed by atoms with Crippen LogP contribution in [0.5, 0.6) is 0 Å². The lowest BCUT2D eigenvalue weighted by Crippen LogP contribution is -2.15. The highest BCUT2D eigenvalue weighted by Crippen LogP contribution is 2.25. The van der Waals surface area contributed by atoms with Crippen molar-refractivity contribution >= 4 is 17.4 Å². The van der Waals surface area contributed by atoms with Gasteiger partial charge >= 0.3 is 0 Å². The summed E-state index contributed by atoms with van der Waals surface area (Å²) in [7, 11) is 0. The van der Waals surface area contributed by atoms with Gasteiger partial charge in [-0.3, -0.25) is 9.20 Å². The fourth-order valence-corrected chi connectivity index (χ4v) is 2.89. The number of anilines is 1. The summed E-state index contributed by atoms with van der Waals surface area (Å²) < 4.78 is 14.9. The van der Waals surface area contributed by atoms with Crippen LogP contribution in [0.25, 0.3) is 17.0 Å². The van der Waals surface area contributed by atoms with E-state index in [1.165, 1.54) is 10.6 Å². The van der Waals surface area contributed by atoms with E-state index in [0.717, 1.165) is 28.6 Å². The van der Waals surface area contributed by atoms with Gasteiger partial charge in [0.15, 0.2) is 5.82 Å². The van der Waals surface area contributed by atoms with E-state index in [2.05, 4.69) is 15.3 Å². The van der Waals surface area contributed by atoms with Gasteiger partial charge in [0.25, 0.3) is 0 Å². The van der Waals surface area contributed by atoms with Crippen molar-refractivity contribution in [3.8, 4) is 11.3 Å². The summed E-state index contributed by atoms with van der Waals surface area (Å²) in [5, 5.41) is 2.96. The lowest BCUT2D eigenvalue weighted by Gasteiger charge is -2.10. The van der Waals surface area contributed by atoms with E-state index in [1.807, 2.05) is 55.5 Å². The molecule has 0 aliphatic heterocycles. The fraction of sp³-hybridized carbons (Fsp3) is 0.0952. The van der Waals surface area contributed by atoms with Crippen molar-refractivity contribution in [2.45, 2.75) is 13.3 Å². The molecule has 1 amide bonds. The molecule has 0 spiro atoms. The maximum atomic E-state index is 13.3. The number of rotatable bonds is 4. The SMILES string of the molecule is Cc1ccc(-c2cn3cc(F)cnc3n2)cc1NC(=O)Cc1ccccc1. The number of hydrogen-bond acceptors (Lipinski definition) is 3. The van der Waals surface area contributed by atoms with Crippen LogP contribution in [0.2, 0.25) is 0 Å². The molecule has 0 radical (unpaired) electrons. The summed E-state index contributed by atoms with van der Waals surface area (Å²) in [6.45, 7) is 1.93. The highest BCUT2D eigenvalue weighted by Gasteiger charge is 2.10. The van der Waals surface area contributed by atoms with Crippen LogP contribution in [0, 0.1) is 12.7 Å². The van der Waals surface area contributed by atoms with Gasteiger partial charge in [-0.2, -0.15) is 0 Å². The molecule has 4 aromatic rings. The predicted octanol–water partition coefficient (Wildman–Crippen LogP) is 4.03. The quantitative estimate of drug-likeness (QED) is 0.598. The number of carbonyl (C=O) groups excluding carboxylic acids is 1. The third-order valence-electron chi connectivity index (χ3n) is 4.29. The average molecular weight is 360 g/mol. The Morgan fingerprint density at radius 3 is 2.78 bits per heavy atom. The molecule has 1 N–H and O–H groups in total. The molecule has 2 aromatic carbocycles. The minimum Gasteiger partial charge on any atom is -0.326 e. The molecular formula is C21H17FN4O. The summed E-state index contributed by atoms with van der Waals surface area (Å²) in [5.74, 6) is -0.0916. The topological polar surface area (TPSA) is 59.3 Å². The Kier molecular flexibility index (Phi) is 4.38. The molecule has 0 saturated carbocycles. The lowest BCUT2D eigenvalue weighted by molar-refractivity contribution is -0.115. The average Bonchev–Trinajstić information content (AvgIpc) is 3.07. The van der Waals surface area contributed by atoms with Crippen LogP contribution in [0.15, 0.2) is 67.1 Å². The number of hydrogen-bond donors (Lipinski definition) is 1. The number of aromatic nitrogens is 3. The predicted molar refractivity (Wildman–Crippen MR) is 102 cm³/mol. The summed E-state index contributed by atoms with van der Waals surface area (Å²) in [6, 6.07) is 15.3. The van der Waals surface area contributed by atoms with Crippen LogP contribution >= 0.6 is 0 Å². The van der Waals surface area contributed by atoms with Gasteiger partial charge in [0.2, 0.25) is 11.7 Å². The van der Waals surface area contributed by atoms with Crippen LogP contribution in [0.1, 0.15) is 11.1 Å². The molecule has 0 atom stereocenters. The van der Waals surface area contributed by atoms with Crippen LogP contribution in [-0.4, -0.2) is 20.3 Å². The Bertz CT molecular complexity index is 1120. The molecule has 27 heavy (non-hydrogen) atoms. The molecule has 4 rings (SSSR count). The highest BCUT2D eigenvalue weighted by molar-refractivity contribution is 5.93. The van der Waals surface area contributed by atoms with Crippen LogP contribution in [-0.2, 0) is 11.2 Å². The van der Waals surface area contributed by atoms with Crippen molar-refractivity contribution in [3.05, 3.63) is 84.1 Å². The molecule has 0 aliphatic rings. The number of imidazole rings is 1. The number of amides is 1. The van der Waals surface area contributed by atoms with Gasteiger partial charge < -0.3 is 5.32 Å². The van der Waals surface area contributed by atoms with Crippen molar-refractivity contribution < 1.29 is 9.18 Å². The molecule has 2 aromatic heterocycles. The molecule has 6 heteroatoms. The molecule has 134 valence electrons. The minimum atomic E-state index is -0.427. The second-order valence-corrected chi connectivity index (χ2v) is 6.35. The van der Waals surface area contributed by atoms with Gasteiger partial charge in [0.1, 0.15) is 0 Å². The fourth-order valence-electron chi connectivity index (χ4n) is 2.89. The molecule has 0 aliphatic carbocycles. The lowest BCUT2D eigenvalue weighted by atomic mass is 10.1. The number of nitrogens with zero attached hydrogens (tertiary/aromatic N) is 3. The van der Waals surface area contributed by atoms with Gasteiger partial charge in [0, 0.05) is 23.6 Å². The van der Waals surface area contributed by atoms with Crippen molar-refractivity contribution in [1.29, 1.82) is 0 Å². The number of nitrogens with one attached hydrogen (secondary N) is 1. The second kappa shape index (κ2) is 6.99. The summed E-state index contributed by atoms with van der Waals surface area (Å²) >= 11 is 0. The summed E-state index contributed by atoms with van der Waals surface area (Å²) in [5.41, 5.74) is 4.11. The first-order valence-corrected chi connectivity index (χ1v) is 8.53. The van der Waals surface area contributed by atoms with E-state index in [4.69, 9.17) is 0 Å². The zero-order valence-corrected chi connectivity index (χ0v) is 14.7. The van der Waals surface area contributed by atoms with Crippen molar-refractivity contribution in [2.75, 3.05) is 5.32 Å². The minimum absolute atomic E-state index is 0.0832. The monoisotopic (exact) mass is 360 g/mol. The smallest absolute Gasteiger partial charge is 0.234 e. The zero-order chi connectivity index (χ0) is 18.8. The first-order chi connectivity index (χ1) is 13.1. The Hall–Kier alpha value is -3.54. The normalized spacial score (nSPS) is 10.9. The Labute approximate surface area is 155 Å². The Balaban J connectivity index is 1.59. The van der Waals surface area contributed by atoms with Crippen molar-refractivity contribution in [2.24, 2.45) is 0 Å². The van der Waals surface area contributed by atoms with Crippen LogP contribution in [0.4, 0.5) is 10.1 Å². The standard InChI is InChI=1S/C21H17FN4O/c1-14-7-8-16(19-13-26-12-17(22)11-23-21(26)25-19)10-18(14)24-20(27)9-15-5-3-2-4-6-15/h2-8,10-13H,9H2,1H3,(H,24,27). The van der Waals surface area contributed by atoms with Crippen LogP contribution < -0.4 is 5.32 Å². The molecule has 0 bridgehead atoms. The van der Waals surface area contributed by atoms with Gasteiger partial charge in [-0.25, -0.2) is 14.4 Å². The van der Waals surface area contributed by atoms with Gasteiger partial charge in [0.05, 0.1) is 18.3 Å². The highest BCUT2D eigenvalue weighted by atomic mass is 19.1. The largest absolute Gasteiger partial charge is 0.326 e. The van der Waals surface area contributed by atoms with Gasteiger partial charge in [-0.15, -0.1) is 0 Å². The van der Waals surface area contributed by atoms with E-state index in [0.29, 0.717) is 17.9 Å². The third kappa shape index (κ3) is 3.69. The van der Waals surface area contributed by atoms with Crippen LogP contribution in [0.3, 0.4) is 0 Å². The summed E-state index contributed by atoms with van der Waals surface area (Å²) in [6.07, 6.45) is 4.49. The molecule has 5 nitrogen and oxygen atoms in total. The van der Waals surface area contributed by atoms with Crippen molar-refractivity contribution in [3.63, 3.8) is 0 Å². The van der Waals surface area contributed by atoms with E-state index in [1.54, 1.807) is 6.20 Å². The first kappa shape index (κ1) is 16.9. The van der Waals surface area contributed by atoms with E-state index < -0.39 is 5.82 Å². The number of benzene rings is 2. The van der Waals surface area contributed by atoms with Gasteiger partial charge in [-0.1, -0.05) is 42.5 Å². The summed E-state index contributed by atoms with van der Waals surface area (Å²) in [4.78, 5) is 20.8. The van der Waals surface area contributed by atoms with E-state index in [9.17, 15) is 9.18 Å². The van der Waals surface area contributed by atoms with Gasteiger partial charge in [-0.05, 0) is 24.1 Å². The molecule has 0 fully saturated rings. The van der Waals surface area contributed by atoms with E-state index >= 15 is 0 Å². The zero-order valence-electron chi connectivity index (χ0n) is 14.7. The maximum Gasteiger partial charge on any atom is 0.234 e. The Morgan fingerprint density at radius 2 is 1.96 bits per heavy atom. The maximum absolute atomic E-state index is 13.3. The second-order valence-electron chi connectivity index (χ2n) is 6.35. The number of carbonyl (C=O) groups is 1. The third-order valence-corrected chi connectivity index (χ3v) is 4.29. The molecule has 0 saturated heterocycles. The molecular weight excluding hydrogens is 343 g/mol. The van der Waals surface area contributed by atoms with Crippen molar-refractivity contribution in [1.82, 2.24) is 14.4 Å². The molecule has 0 unspecified atom stereocenters. The Morgan fingerprint density at radius 1 is 1.15 bits per heavy atom.